The van der Waals surface area contributed by atoms with Crippen molar-refractivity contribution in [2.24, 2.45) is 0 Å². The van der Waals surface area contributed by atoms with Crippen molar-refractivity contribution in [2.75, 3.05) is 13.7 Å². The maximum atomic E-state index is 10.7. The fourth-order valence-corrected chi connectivity index (χ4v) is 1.36. The molecule has 1 unspecified atom stereocenters. The lowest BCUT2D eigenvalue weighted by atomic mass is 10.2. The molecule has 0 fully saturated rings. The van der Waals surface area contributed by atoms with Gasteiger partial charge in [0, 0.05) is 13.7 Å². The molecular weight excluding hydrogens is 198 g/mol. The van der Waals surface area contributed by atoms with Crippen LogP contribution in [0.25, 0.3) is 0 Å². The fourth-order valence-electron chi connectivity index (χ4n) is 1.36. The van der Waals surface area contributed by atoms with Crippen molar-refractivity contribution >= 4 is 6.29 Å². The molecule has 0 aliphatic rings. The Hall–Kier alpha value is -1.27. The molecule has 0 radical (unpaired) electrons. The van der Waals surface area contributed by atoms with Crippen LogP contribution in [0.4, 0.5) is 0 Å². The van der Waals surface area contributed by atoms with Gasteiger partial charge in [0.1, 0.15) is 0 Å². The standard InChI is InChI=1S/C9H15N3O3/c1-7(3-4-13)12-9(6-15-2)8(5-14)10-11-12/h5,7,13H,3-4,6H2,1-2H3. The van der Waals surface area contributed by atoms with E-state index in [0.717, 1.165) is 0 Å². The van der Waals surface area contributed by atoms with E-state index in [9.17, 15) is 4.79 Å². The number of carbonyl (C=O) groups excluding carboxylic acids is 1. The summed E-state index contributed by atoms with van der Waals surface area (Å²) in [7, 11) is 1.54. The smallest absolute Gasteiger partial charge is 0.172 e. The number of methoxy groups -OCH3 is 1. The molecule has 0 spiro atoms. The number of aliphatic hydroxyl groups is 1. The third-order valence-corrected chi connectivity index (χ3v) is 2.18. The minimum atomic E-state index is 0.00125. The highest BCUT2D eigenvalue weighted by molar-refractivity contribution is 5.73. The number of hydrogen-bond acceptors (Lipinski definition) is 5. The predicted octanol–water partition coefficient (Wildman–Crippen LogP) is 0.180. The van der Waals surface area contributed by atoms with Gasteiger partial charge < -0.3 is 9.84 Å². The fraction of sp³-hybridized carbons (Fsp3) is 0.667. The van der Waals surface area contributed by atoms with Gasteiger partial charge in [-0.1, -0.05) is 5.21 Å². The zero-order valence-corrected chi connectivity index (χ0v) is 8.88. The number of nitrogens with zero attached hydrogens (tertiary/aromatic N) is 3. The molecule has 15 heavy (non-hydrogen) atoms. The van der Waals surface area contributed by atoms with Gasteiger partial charge in [-0.15, -0.1) is 5.10 Å². The molecule has 1 rings (SSSR count). The number of hydrogen-bond donors (Lipinski definition) is 1. The third kappa shape index (κ3) is 2.60. The van der Waals surface area contributed by atoms with Crippen molar-refractivity contribution in [1.82, 2.24) is 15.0 Å². The molecule has 0 aromatic carbocycles. The number of ether oxygens (including phenoxy) is 1. The summed E-state index contributed by atoms with van der Waals surface area (Å²) in [5, 5.41) is 16.4. The van der Waals surface area contributed by atoms with Crippen LogP contribution in [0.5, 0.6) is 0 Å². The van der Waals surface area contributed by atoms with E-state index in [1.165, 1.54) is 0 Å². The molecule has 0 bridgehead atoms. The van der Waals surface area contributed by atoms with Crippen LogP contribution in [-0.4, -0.2) is 40.1 Å². The van der Waals surface area contributed by atoms with Crippen LogP contribution >= 0.6 is 0 Å². The number of aldehydes is 1. The van der Waals surface area contributed by atoms with E-state index in [2.05, 4.69) is 10.3 Å². The Kier molecular flexibility index (Phi) is 4.38. The molecule has 0 amide bonds. The highest BCUT2D eigenvalue weighted by atomic mass is 16.5. The van der Waals surface area contributed by atoms with Gasteiger partial charge >= 0.3 is 0 Å². The first-order valence-corrected chi connectivity index (χ1v) is 4.73. The molecular formula is C9H15N3O3. The van der Waals surface area contributed by atoms with Crippen LogP contribution in [0, 0.1) is 0 Å². The monoisotopic (exact) mass is 213 g/mol. The quantitative estimate of drug-likeness (QED) is 0.682. The zero-order chi connectivity index (χ0) is 11.3. The van der Waals surface area contributed by atoms with Crippen molar-refractivity contribution in [3.63, 3.8) is 0 Å². The molecule has 1 aromatic heterocycles. The third-order valence-electron chi connectivity index (χ3n) is 2.18. The first-order valence-electron chi connectivity index (χ1n) is 4.73. The minimum Gasteiger partial charge on any atom is -0.396 e. The van der Waals surface area contributed by atoms with Gasteiger partial charge in [0.2, 0.25) is 0 Å². The average molecular weight is 213 g/mol. The summed E-state index contributed by atoms with van der Waals surface area (Å²) in [5.74, 6) is 0. The van der Waals surface area contributed by atoms with Crippen molar-refractivity contribution in [1.29, 1.82) is 0 Å². The highest BCUT2D eigenvalue weighted by Crippen LogP contribution is 2.14. The van der Waals surface area contributed by atoms with E-state index in [-0.39, 0.29) is 19.3 Å². The largest absolute Gasteiger partial charge is 0.396 e. The van der Waals surface area contributed by atoms with Crippen LogP contribution < -0.4 is 0 Å². The van der Waals surface area contributed by atoms with Gasteiger partial charge in [-0.05, 0) is 13.3 Å². The first kappa shape index (κ1) is 11.8. The Morgan fingerprint density at radius 3 is 2.93 bits per heavy atom. The summed E-state index contributed by atoms with van der Waals surface area (Å²) in [6.45, 7) is 2.26. The number of aromatic nitrogens is 3. The van der Waals surface area contributed by atoms with E-state index in [1.807, 2.05) is 6.92 Å². The van der Waals surface area contributed by atoms with E-state index in [1.54, 1.807) is 11.8 Å². The second kappa shape index (κ2) is 5.57. The summed E-state index contributed by atoms with van der Waals surface area (Å²) in [6.07, 6.45) is 1.22. The summed E-state index contributed by atoms with van der Waals surface area (Å²) in [6, 6.07) is 0.00125. The molecule has 0 aliphatic carbocycles. The topological polar surface area (TPSA) is 77.2 Å². The van der Waals surface area contributed by atoms with Gasteiger partial charge in [0.25, 0.3) is 0 Å². The van der Waals surface area contributed by atoms with Crippen LogP contribution in [-0.2, 0) is 11.3 Å². The zero-order valence-electron chi connectivity index (χ0n) is 8.88. The van der Waals surface area contributed by atoms with E-state index < -0.39 is 0 Å². The number of rotatable bonds is 6. The molecule has 0 saturated carbocycles. The lowest BCUT2D eigenvalue weighted by Gasteiger charge is -2.12. The van der Waals surface area contributed by atoms with Crippen molar-refractivity contribution in [3.8, 4) is 0 Å². The lowest BCUT2D eigenvalue weighted by molar-refractivity contribution is 0.111. The van der Waals surface area contributed by atoms with Gasteiger partial charge in [0.05, 0.1) is 18.3 Å². The maximum absolute atomic E-state index is 10.7. The first-order chi connectivity index (χ1) is 7.24. The Balaban J connectivity index is 2.95. The summed E-state index contributed by atoms with van der Waals surface area (Å²) in [4.78, 5) is 10.7. The Bertz CT molecular complexity index is 324. The minimum absolute atomic E-state index is 0.00125. The van der Waals surface area contributed by atoms with Gasteiger partial charge in [-0.25, -0.2) is 4.68 Å². The second-order valence-corrected chi connectivity index (χ2v) is 3.28. The van der Waals surface area contributed by atoms with Gasteiger partial charge in [-0.3, -0.25) is 4.79 Å². The SMILES string of the molecule is COCc1c(C=O)nnn1C(C)CCO. The van der Waals surface area contributed by atoms with Crippen LogP contribution in [0.1, 0.15) is 35.6 Å². The van der Waals surface area contributed by atoms with Gasteiger partial charge in [0.15, 0.2) is 12.0 Å². The number of carbonyl (C=O) groups is 1. The molecule has 6 nitrogen and oxygen atoms in total. The van der Waals surface area contributed by atoms with E-state index in [0.29, 0.717) is 24.1 Å². The van der Waals surface area contributed by atoms with Crippen molar-refractivity contribution in [3.05, 3.63) is 11.4 Å². The number of aliphatic hydroxyl groups excluding tert-OH is 1. The molecule has 0 aliphatic heterocycles. The Labute approximate surface area is 87.9 Å². The lowest BCUT2D eigenvalue weighted by Crippen LogP contribution is -2.13. The molecule has 1 atom stereocenters. The maximum Gasteiger partial charge on any atom is 0.172 e. The molecule has 1 N–H and O–H groups in total. The summed E-state index contributed by atoms with van der Waals surface area (Å²) < 4.78 is 6.59. The van der Waals surface area contributed by atoms with E-state index >= 15 is 0 Å². The summed E-state index contributed by atoms with van der Waals surface area (Å²) >= 11 is 0. The Morgan fingerprint density at radius 2 is 2.40 bits per heavy atom. The van der Waals surface area contributed by atoms with Crippen LogP contribution in [0.2, 0.25) is 0 Å². The van der Waals surface area contributed by atoms with Crippen LogP contribution in [0.3, 0.4) is 0 Å². The normalized spacial score (nSPS) is 12.7. The van der Waals surface area contributed by atoms with E-state index in [4.69, 9.17) is 9.84 Å². The molecule has 1 aromatic rings. The summed E-state index contributed by atoms with van der Waals surface area (Å²) in [5.41, 5.74) is 0.940. The molecule has 0 saturated heterocycles. The highest BCUT2D eigenvalue weighted by Gasteiger charge is 2.16. The predicted molar refractivity (Wildman–Crippen MR) is 52.5 cm³/mol. The Morgan fingerprint density at radius 1 is 1.67 bits per heavy atom. The van der Waals surface area contributed by atoms with Crippen LogP contribution in [0.15, 0.2) is 0 Å². The molecule has 84 valence electrons. The second-order valence-electron chi connectivity index (χ2n) is 3.28. The van der Waals surface area contributed by atoms with Crippen molar-refractivity contribution < 1.29 is 14.6 Å². The molecule has 1 heterocycles. The van der Waals surface area contributed by atoms with Gasteiger partial charge in [-0.2, -0.15) is 0 Å². The average Bonchev–Trinajstić information content (AvgIpc) is 2.62. The molecule has 6 heteroatoms. The van der Waals surface area contributed by atoms with Crippen molar-refractivity contribution in [2.45, 2.75) is 26.0 Å².